The lowest BCUT2D eigenvalue weighted by atomic mass is 10.0. The molecule has 0 spiro atoms. The van der Waals surface area contributed by atoms with E-state index in [1.807, 2.05) is 0 Å². The van der Waals surface area contributed by atoms with E-state index in [1.165, 1.54) is 6.07 Å². The third-order valence-electron chi connectivity index (χ3n) is 3.72. The van der Waals surface area contributed by atoms with E-state index in [-0.39, 0.29) is 16.2 Å². The van der Waals surface area contributed by atoms with Crippen LogP contribution < -0.4 is 5.32 Å². The molecule has 0 atom stereocenters. The zero-order valence-corrected chi connectivity index (χ0v) is 13.9. The topological polar surface area (TPSA) is 63.2 Å². The molecule has 0 radical (unpaired) electrons. The molecule has 1 aromatic rings. The van der Waals surface area contributed by atoms with Gasteiger partial charge in [0, 0.05) is 22.1 Å². The van der Waals surface area contributed by atoms with Crippen LogP contribution in [0.3, 0.4) is 0 Å². The predicted octanol–water partition coefficient (Wildman–Crippen LogP) is 3.29. The summed E-state index contributed by atoms with van der Waals surface area (Å²) in [7, 11) is 1.55. The summed E-state index contributed by atoms with van der Waals surface area (Å²) in [5.41, 5.74) is 0.276. The molecule has 2 rings (SSSR count). The van der Waals surface area contributed by atoms with Crippen LogP contribution in [0.2, 0.25) is 0 Å². The average Bonchev–Trinajstić information content (AvgIpc) is 2.98. The summed E-state index contributed by atoms with van der Waals surface area (Å²) in [5.74, 6) is -0.216. The molecule has 1 aliphatic carbocycles. The van der Waals surface area contributed by atoms with Crippen LogP contribution in [0.5, 0.6) is 0 Å². The summed E-state index contributed by atoms with van der Waals surface area (Å²) >= 11 is 1.16. The fourth-order valence-corrected chi connectivity index (χ4v) is 4.98. The molecule has 1 N–H and O–H groups in total. The minimum atomic E-state index is -3.78. The van der Waals surface area contributed by atoms with Gasteiger partial charge in [0.25, 0.3) is 15.0 Å². The highest BCUT2D eigenvalue weighted by Gasteiger charge is 2.41. The van der Waals surface area contributed by atoms with Crippen molar-refractivity contribution in [3.05, 3.63) is 15.8 Å². The number of amides is 1. The molecular formula is C13H18ClNO3S2. The zero-order chi connectivity index (χ0) is 15.0. The van der Waals surface area contributed by atoms with Crippen molar-refractivity contribution < 1.29 is 13.2 Å². The van der Waals surface area contributed by atoms with Gasteiger partial charge >= 0.3 is 0 Å². The van der Waals surface area contributed by atoms with Crippen molar-refractivity contribution in [2.24, 2.45) is 5.41 Å². The molecule has 1 amide bonds. The highest BCUT2D eigenvalue weighted by Crippen LogP contribution is 2.49. The Hall–Kier alpha value is -0.590. The van der Waals surface area contributed by atoms with Gasteiger partial charge in [-0.3, -0.25) is 4.79 Å². The molecule has 0 unspecified atom stereocenters. The maximum absolute atomic E-state index is 12.1. The Bertz CT molecular complexity index is 618. The summed E-state index contributed by atoms with van der Waals surface area (Å²) in [6, 6.07) is 1.36. The number of carbonyl (C=O) groups is 1. The first kappa shape index (κ1) is 15.8. The molecule has 1 aromatic heterocycles. The van der Waals surface area contributed by atoms with Gasteiger partial charge in [0.2, 0.25) is 0 Å². The molecule has 1 aliphatic rings. The minimum absolute atomic E-state index is 0.0315. The molecule has 0 saturated heterocycles. The number of hydrogen-bond acceptors (Lipinski definition) is 4. The van der Waals surface area contributed by atoms with Crippen LogP contribution in [0.15, 0.2) is 11.0 Å². The molecule has 20 heavy (non-hydrogen) atoms. The van der Waals surface area contributed by atoms with Gasteiger partial charge in [0.15, 0.2) is 0 Å². The highest BCUT2D eigenvalue weighted by atomic mass is 35.7. The molecule has 0 bridgehead atoms. The normalized spacial score (nSPS) is 16.9. The summed E-state index contributed by atoms with van der Waals surface area (Å²) in [6.45, 7) is 4.46. The lowest BCUT2D eigenvalue weighted by Gasteiger charge is -2.14. The van der Waals surface area contributed by atoms with E-state index in [2.05, 4.69) is 12.2 Å². The summed E-state index contributed by atoms with van der Waals surface area (Å²) in [6.07, 6.45) is 4.55. The minimum Gasteiger partial charge on any atom is -0.351 e. The molecule has 0 aliphatic heterocycles. The van der Waals surface area contributed by atoms with Crippen LogP contribution in [0.25, 0.3) is 0 Å². The fourth-order valence-electron chi connectivity index (χ4n) is 2.40. The largest absolute Gasteiger partial charge is 0.351 e. The van der Waals surface area contributed by atoms with E-state index in [0.717, 1.165) is 37.0 Å². The first-order valence-corrected chi connectivity index (χ1v) is 9.73. The Kier molecular flexibility index (Phi) is 4.47. The molecule has 1 fully saturated rings. The van der Waals surface area contributed by atoms with Gasteiger partial charge in [0.1, 0.15) is 0 Å². The number of nitrogens with one attached hydrogen (secondary N) is 1. The summed E-state index contributed by atoms with van der Waals surface area (Å²) < 4.78 is 22.7. The second kappa shape index (κ2) is 5.66. The van der Waals surface area contributed by atoms with Gasteiger partial charge in [-0.2, -0.15) is 0 Å². The fraction of sp³-hybridized carbons (Fsp3) is 0.615. The van der Waals surface area contributed by atoms with Crippen LogP contribution in [-0.4, -0.2) is 20.9 Å². The average molecular weight is 336 g/mol. The zero-order valence-electron chi connectivity index (χ0n) is 11.5. The standard InChI is InChI=1S/C13H18ClNO3S2/c1-3-4-13(5-6-13)8-15-12(16)10-7-11(9(2)19-10)20(14,17)18/h7H,3-6,8H2,1-2H3,(H,15,16). The number of halogens is 1. The molecule has 0 aromatic carbocycles. The van der Waals surface area contributed by atoms with E-state index >= 15 is 0 Å². The van der Waals surface area contributed by atoms with Gasteiger partial charge < -0.3 is 5.32 Å². The maximum atomic E-state index is 12.1. The van der Waals surface area contributed by atoms with Gasteiger partial charge in [0.05, 0.1) is 9.77 Å². The number of carbonyl (C=O) groups excluding carboxylic acids is 1. The van der Waals surface area contributed by atoms with Crippen molar-refractivity contribution in [2.45, 2.75) is 44.4 Å². The number of rotatable bonds is 6. The third kappa shape index (κ3) is 3.54. The van der Waals surface area contributed by atoms with Crippen LogP contribution in [0.1, 0.15) is 47.2 Å². The van der Waals surface area contributed by atoms with Gasteiger partial charge in [-0.1, -0.05) is 13.3 Å². The van der Waals surface area contributed by atoms with Crippen molar-refractivity contribution in [3.8, 4) is 0 Å². The van der Waals surface area contributed by atoms with Crippen LogP contribution in [-0.2, 0) is 9.05 Å². The quantitative estimate of drug-likeness (QED) is 0.811. The van der Waals surface area contributed by atoms with Gasteiger partial charge in [-0.05, 0) is 37.7 Å². The lowest BCUT2D eigenvalue weighted by molar-refractivity contribution is 0.0947. The molecule has 7 heteroatoms. The monoisotopic (exact) mass is 335 g/mol. The van der Waals surface area contributed by atoms with Gasteiger partial charge in [-0.25, -0.2) is 8.42 Å². The van der Waals surface area contributed by atoms with Crippen LogP contribution in [0.4, 0.5) is 0 Å². The molecule has 4 nitrogen and oxygen atoms in total. The van der Waals surface area contributed by atoms with E-state index in [9.17, 15) is 13.2 Å². The number of hydrogen-bond donors (Lipinski definition) is 1. The Morgan fingerprint density at radius 3 is 2.60 bits per heavy atom. The lowest BCUT2D eigenvalue weighted by Crippen LogP contribution is -2.29. The molecule has 1 heterocycles. The third-order valence-corrected chi connectivity index (χ3v) is 6.35. The Morgan fingerprint density at radius 2 is 2.15 bits per heavy atom. The Labute approximate surface area is 127 Å². The SMILES string of the molecule is CCCC1(CNC(=O)c2cc(S(=O)(=O)Cl)c(C)s2)CC1. The van der Waals surface area contributed by atoms with Crippen LogP contribution in [0, 0.1) is 12.3 Å². The summed E-state index contributed by atoms with van der Waals surface area (Å²) in [4.78, 5) is 13.0. The second-order valence-electron chi connectivity index (χ2n) is 5.40. The Morgan fingerprint density at radius 1 is 1.50 bits per heavy atom. The second-order valence-corrected chi connectivity index (χ2v) is 9.19. The van der Waals surface area contributed by atoms with E-state index in [4.69, 9.17) is 10.7 Å². The van der Waals surface area contributed by atoms with E-state index in [1.54, 1.807) is 6.92 Å². The van der Waals surface area contributed by atoms with Gasteiger partial charge in [-0.15, -0.1) is 11.3 Å². The smallest absolute Gasteiger partial charge is 0.262 e. The first-order valence-electron chi connectivity index (χ1n) is 6.61. The van der Waals surface area contributed by atoms with Crippen molar-refractivity contribution in [1.29, 1.82) is 0 Å². The maximum Gasteiger partial charge on any atom is 0.262 e. The predicted molar refractivity (Wildman–Crippen MR) is 81.0 cm³/mol. The van der Waals surface area contributed by atoms with Crippen molar-refractivity contribution in [3.63, 3.8) is 0 Å². The molecule has 112 valence electrons. The molecule has 1 saturated carbocycles. The highest BCUT2D eigenvalue weighted by molar-refractivity contribution is 8.13. The Balaban J connectivity index is 2.04. The summed E-state index contributed by atoms with van der Waals surface area (Å²) in [5, 5.41) is 2.91. The van der Waals surface area contributed by atoms with E-state index in [0.29, 0.717) is 16.3 Å². The van der Waals surface area contributed by atoms with Crippen molar-refractivity contribution >= 4 is 37.0 Å². The number of thiophene rings is 1. The van der Waals surface area contributed by atoms with Crippen LogP contribution >= 0.6 is 22.0 Å². The van der Waals surface area contributed by atoms with Crippen molar-refractivity contribution in [1.82, 2.24) is 5.32 Å². The van der Waals surface area contributed by atoms with E-state index < -0.39 is 9.05 Å². The van der Waals surface area contributed by atoms with Crippen molar-refractivity contribution in [2.75, 3.05) is 6.54 Å². The molecular weight excluding hydrogens is 318 g/mol. The first-order chi connectivity index (χ1) is 9.27. The number of aryl methyl sites for hydroxylation is 1.